The zero-order valence-electron chi connectivity index (χ0n) is 16.6. The van der Waals surface area contributed by atoms with Gasteiger partial charge >= 0.3 is 23.1 Å². The van der Waals surface area contributed by atoms with Gasteiger partial charge < -0.3 is 24.4 Å². The van der Waals surface area contributed by atoms with Gasteiger partial charge in [0.2, 0.25) is 0 Å². The molecular formula is C16H24BrCl3MgN6. The van der Waals surface area contributed by atoms with E-state index in [-0.39, 0.29) is 66.3 Å². The van der Waals surface area contributed by atoms with Crippen LogP contribution in [0.4, 0.5) is 0 Å². The number of aromatic nitrogens is 4. The first-order valence-corrected chi connectivity index (χ1v) is 7.71. The van der Waals surface area contributed by atoms with E-state index in [2.05, 4.69) is 29.9 Å². The number of halogens is 4. The number of aliphatic imine (C=N–C) groups is 2. The summed E-state index contributed by atoms with van der Waals surface area (Å²) < 4.78 is 10.0. The van der Waals surface area contributed by atoms with Crippen molar-refractivity contribution in [3.63, 3.8) is 0 Å². The van der Waals surface area contributed by atoms with Crippen molar-refractivity contribution in [2.24, 2.45) is 9.98 Å². The van der Waals surface area contributed by atoms with Crippen molar-refractivity contribution in [1.29, 1.82) is 0 Å². The first-order chi connectivity index (χ1) is 12.0. The summed E-state index contributed by atoms with van der Waals surface area (Å²) in [7, 11) is 0. The normalized spacial score (nSPS) is 15.9. The topological polar surface area (TPSA) is 76.3 Å². The molecule has 1 aliphatic rings. The van der Waals surface area contributed by atoms with Crippen molar-refractivity contribution in [2.75, 3.05) is 0 Å². The molecule has 0 saturated carbocycles. The fraction of sp³-hybridized carbons (Fsp3) is 0.312. The van der Waals surface area contributed by atoms with E-state index in [1.54, 1.807) is 12.4 Å². The Morgan fingerprint density at radius 2 is 1.63 bits per heavy atom. The Labute approximate surface area is 206 Å². The maximum atomic E-state index is 5.70. The van der Waals surface area contributed by atoms with Gasteiger partial charge in [-0.3, -0.25) is 4.99 Å². The Kier molecular flexibility index (Phi) is 23.6. The fourth-order valence-corrected chi connectivity index (χ4v) is 1.47. The molecule has 148 valence electrons. The minimum Gasteiger partial charge on any atom is -1.00 e. The van der Waals surface area contributed by atoms with Crippen LogP contribution in [0, 0.1) is 14.4 Å². The van der Waals surface area contributed by atoms with Crippen LogP contribution in [0.5, 0.6) is 0 Å². The molecular weight excluding hydrogens is 487 g/mol. The molecule has 6 nitrogen and oxygen atoms in total. The quantitative estimate of drug-likeness (QED) is 0.305. The minimum absolute atomic E-state index is 0. The Morgan fingerprint density at radius 3 is 1.93 bits per heavy atom. The summed E-state index contributed by atoms with van der Waals surface area (Å²) >= 11 is 16.7. The number of hydrogen-bond donors (Lipinski definition) is 0. The van der Waals surface area contributed by atoms with Gasteiger partial charge in [0.25, 0.3) is 0 Å². The Morgan fingerprint density at radius 1 is 1.07 bits per heavy atom. The van der Waals surface area contributed by atoms with Gasteiger partial charge in [-0.2, -0.15) is 0 Å². The molecule has 3 rings (SSSR count). The number of rotatable bonds is 0. The predicted octanol–water partition coefficient (Wildman–Crippen LogP) is 1.62. The third kappa shape index (κ3) is 16.3. The average molecular weight is 513 g/mol. The maximum Gasteiger partial charge on any atom is 2.00 e. The van der Waals surface area contributed by atoms with Crippen LogP contribution in [0.3, 0.4) is 0 Å². The van der Waals surface area contributed by atoms with Crippen LogP contribution in [-0.4, -0.2) is 67.0 Å². The number of aryl methyl sites for hydroxylation is 1. The largest absolute Gasteiger partial charge is 2.00 e. The Bertz CT molecular complexity index is 623. The van der Waals surface area contributed by atoms with Crippen LogP contribution in [0.15, 0.2) is 41.2 Å². The molecule has 2 unspecified atom stereocenters. The van der Waals surface area contributed by atoms with Crippen molar-refractivity contribution in [2.45, 2.75) is 32.7 Å². The smallest absolute Gasteiger partial charge is 1.00 e. The second kappa shape index (κ2) is 20.4. The van der Waals surface area contributed by atoms with Crippen LogP contribution in [0.1, 0.15) is 23.0 Å². The first-order valence-electron chi connectivity index (χ1n) is 7.52. The molecule has 1 aliphatic heterocycles. The summed E-state index contributed by atoms with van der Waals surface area (Å²) in [6, 6.07) is 0.189. The summed E-state index contributed by atoms with van der Waals surface area (Å²) in [5.74, 6) is 0. The molecule has 2 aromatic rings. The standard InChI is InChI=1S/C5H7ClN2.C5H5ClN2.C4H3ClN2.CH4.CH3.BrH.Mg.H2/c2*1-4-5(6)2-7-3-8-4;5-4-1-6-3-7-2-4;;;;;/h2-5H,1H3;2-3H,1H3;1-3H;1H4;1H3;1H;;1H/q;;;;-1;;+2;/p-1/i;;;;;;;1+1D. The van der Waals surface area contributed by atoms with E-state index in [4.69, 9.17) is 37.8 Å². The van der Waals surface area contributed by atoms with Crippen molar-refractivity contribution < 1.29 is 20.0 Å². The van der Waals surface area contributed by atoms with Crippen LogP contribution in [-0.2, 0) is 0 Å². The van der Waals surface area contributed by atoms with Gasteiger partial charge in [-0.1, -0.05) is 30.6 Å². The van der Waals surface area contributed by atoms with Crippen molar-refractivity contribution >= 4 is 70.4 Å². The third-order valence-corrected chi connectivity index (χ3v) is 3.48. The average Bonchev–Trinajstić information content (AvgIpc) is 2.64. The molecule has 0 amide bonds. The van der Waals surface area contributed by atoms with Crippen LogP contribution in [0.25, 0.3) is 0 Å². The monoisotopic (exact) mass is 510 g/mol. The molecule has 0 fully saturated rings. The molecule has 2 aromatic heterocycles. The second-order valence-corrected chi connectivity index (χ2v) is 5.61. The summed E-state index contributed by atoms with van der Waals surface area (Å²) in [5.41, 5.74) is 0.821. The summed E-state index contributed by atoms with van der Waals surface area (Å²) in [6.07, 6.45) is 10.8. The Hall–Kier alpha value is -0.384. The minimum atomic E-state index is -0.0139. The van der Waals surface area contributed by atoms with Crippen LogP contribution < -0.4 is 17.0 Å². The van der Waals surface area contributed by atoms with E-state index in [1.807, 2.05) is 13.8 Å². The molecule has 27 heavy (non-hydrogen) atoms. The predicted molar refractivity (Wildman–Crippen MR) is 116 cm³/mol. The second-order valence-electron chi connectivity index (χ2n) is 4.26. The SMILES string of the molecule is C.CC1N=CN=CC1Cl.Cc1ncncc1Cl.Clc1cncnc1.[2H][2H].[Br-].[CH3-].[Mg+2]. The molecule has 0 N–H and O–H groups in total. The zero-order valence-corrected chi connectivity index (χ0v) is 19.9. The van der Waals surface area contributed by atoms with E-state index < -0.39 is 0 Å². The number of alkyl halides is 1. The molecule has 0 aromatic carbocycles. The molecule has 0 radical (unpaired) electrons. The maximum absolute atomic E-state index is 5.70. The van der Waals surface area contributed by atoms with Gasteiger partial charge in [0.15, 0.2) is 0 Å². The van der Waals surface area contributed by atoms with Gasteiger partial charge in [0.05, 0.1) is 27.2 Å². The van der Waals surface area contributed by atoms with Crippen molar-refractivity contribution in [3.05, 3.63) is 54.4 Å². The van der Waals surface area contributed by atoms with Gasteiger partial charge in [0.1, 0.15) is 19.0 Å². The van der Waals surface area contributed by atoms with E-state index >= 15 is 0 Å². The van der Waals surface area contributed by atoms with E-state index in [0.29, 0.717) is 10.0 Å². The van der Waals surface area contributed by atoms with Crippen LogP contribution >= 0.6 is 34.8 Å². The van der Waals surface area contributed by atoms with Crippen LogP contribution in [0.2, 0.25) is 10.0 Å². The van der Waals surface area contributed by atoms with Gasteiger partial charge in [-0.25, -0.2) is 24.9 Å². The van der Waals surface area contributed by atoms with E-state index in [0.717, 1.165) is 5.69 Å². The third-order valence-electron chi connectivity index (χ3n) is 2.44. The fourth-order valence-electron chi connectivity index (χ4n) is 1.13. The van der Waals surface area contributed by atoms with Gasteiger partial charge in [-0.05, 0) is 13.8 Å². The van der Waals surface area contributed by atoms with Crippen molar-refractivity contribution in [1.82, 2.24) is 19.9 Å². The molecule has 0 aliphatic carbocycles. The molecule has 0 spiro atoms. The summed E-state index contributed by atoms with van der Waals surface area (Å²) in [4.78, 5) is 22.5. The van der Waals surface area contributed by atoms with Crippen molar-refractivity contribution in [3.8, 4) is 0 Å². The van der Waals surface area contributed by atoms with Gasteiger partial charge in [0, 0.05) is 27.8 Å². The van der Waals surface area contributed by atoms with Gasteiger partial charge in [-0.15, -0.1) is 11.6 Å². The molecule has 0 bridgehead atoms. The summed E-state index contributed by atoms with van der Waals surface area (Å²) in [6.45, 7) is 3.80. The first kappa shape index (κ1) is 31.3. The van der Waals surface area contributed by atoms with E-state index in [1.165, 1.54) is 31.4 Å². The Balaban J connectivity index is -0.0000000894. The summed E-state index contributed by atoms with van der Waals surface area (Å²) in [5, 5.41) is 1.18. The molecule has 0 saturated heterocycles. The molecule has 2 atom stereocenters. The zero-order chi connectivity index (χ0) is 19.1. The number of nitrogens with zero attached hydrogens (tertiary/aromatic N) is 6. The molecule has 11 heteroatoms. The van der Waals surface area contributed by atoms with E-state index in [9.17, 15) is 0 Å². The number of hydrogen-bond acceptors (Lipinski definition) is 6. The molecule has 3 heterocycles.